The lowest BCUT2D eigenvalue weighted by molar-refractivity contribution is -0.114. The Bertz CT molecular complexity index is 1400. The Morgan fingerprint density at radius 3 is 2.56 bits per heavy atom. The van der Waals surface area contributed by atoms with E-state index in [4.69, 9.17) is 0 Å². The molecule has 0 spiro atoms. The van der Waals surface area contributed by atoms with E-state index in [2.05, 4.69) is 21.2 Å². The van der Waals surface area contributed by atoms with E-state index in [1.165, 1.54) is 17.8 Å². The molecule has 2 aliphatic rings. The van der Waals surface area contributed by atoms with Gasteiger partial charge < -0.3 is 15.1 Å². The third-order valence-electron chi connectivity index (χ3n) is 7.16. The molecule has 2 heterocycles. The van der Waals surface area contributed by atoms with Crippen LogP contribution in [0.25, 0.3) is 6.08 Å². The molecular weight excluding hydrogens is 511 g/mol. The largest absolute Gasteiger partial charge is 0.367 e. The molecule has 5 rings (SSSR count). The second-order valence-electron chi connectivity index (χ2n) is 9.96. The van der Waals surface area contributed by atoms with Crippen molar-refractivity contribution >= 4 is 41.0 Å². The summed E-state index contributed by atoms with van der Waals surface area (Å²) in [4.78, 5) is 33.6. The highest BCUT2D eigenvalue weighted by molar-refractivity contribution is 8.04. The molecule has 0 atom stereocenters. The van der Waals surface area contributed by atoms with Gasteiger partial charge in [-0.15, -0.1) is 0 Å². The van der Waals surface area contributed by atoms with Crippen LogP contribution >= 0.6 is 11.8 Å². The van der Waals surface area contributed by atoms with Crippen molar-refractivity contribution in [3.63, 3.8) is 0 Å². The van der Waals surface area contributed by atoms with Crippen LogP contribution in [0.1, 0.15) is 27.9 Å². The number of rotatable bonds is 7. The summed E-state index contributed by atoms with van der Waals surface area (Å²) in [5, 5.41) is 3.01. The third-order valence-corrected chi connectivity index (χ3v) is 8.24. The second kappa shape index (κ2) is 12.1. The smallest absolute Gasteiger partial charge is 0.264 e. The van der Waals surface area contributed by atoms with Gasteiger partial charge in [0.05, 0.1) is 16.3 Å². The second-order valence-corrected chi connectivity index (χ2v) is 11.0. The number of thioether (sulfide) groups is 1. The first-order valence-electron chi connectivity index (χ1n) is 13.3. The first kappa shape index (κ1) is 27.0. The van der Waals surface area contributed by atoms with Gasteiger partial charge in [-0.1, -0.05) is 53.7 Å². The number of piperazine rings is 1. The fourth-order valence-corrected chi connectivity index (χ4v) is 6.07. The van der Waals surface area contributed by atoms with Crippen LogP contribution in [0.2, 0.25) is 0 Å². The molecule has 0 radical (unpaired) electrons. The van der Waals surface area contributed by atoms with Crippen molar-refractivity contribution in [3.8, 4) is 0 Å². The normalized spacial score (nSPS) is 16.9. The minimum atomic E-state index is -0.177. The molecule has 3 aromatic carbocycles. The predicted molar refractivity (Wildman–Crippen MR) is 157 cm³/mol. The van der Waals surface area contributed by atoms with Gasteiger partial charge in [0.15, 0.2) is 0 Å². The molecule has 2 amide bonds. The van der Waals surface area contributed by atoms with E-state index in [9.17, 15) is 14.0 Å². The summed E-state index contributed by atoms with van der Waals surface area (Å²) in [7, 11) is 1.75. The number of hydrogen-bond donors (Lipinski definition) is 1. The van der Waals surface area contributed by atoms with E-state index in [0.717, 1.165) is 60.9 Å². The maximum Gasteiger partial charge on any atom is 0.264 e. The number of fused-ring (bicyclic) bond motifs is 1. The Morgan fingerprint density at radius 2 is 1.79 bits per heavy atom. The van der Waals surface area contributed by atoms with Crippen molar-refractivity contribution in [1.82, 2.24) is 10.2 Å². The summed E-state index contributed by atoms with van der Waals surface area (Å²) in [6, 6.07) is 20.5. The van der Waals surface area contributed by atoms with E-state index >= 15 is 0 Å². The molecule has 8 heteroatoms. The number of benzene rings is 3. The first-order valence-corrected chi connectivity index (χ1v) is 14.1. The van der Waals surface area contributed by atoms with Crippen molar-refractivity contribution in [2.45, 2.75) is 18.2 Å². The fraction of sp³-hybridized carbons (Fsp3) is 0.290. The molecule has 1 N–H and O–H groups in total. The Hall–Kier alpha value is -3.62. The molecule has 0 aliphatic carbocycles. The number of anilines is 2. The van der Waals surface area contributed by atoms with Gasteiger partial charge in [0.1, 0.15) is 5.82 Å². The van der Waals surface area contributed by atoms with Gasteiger partial charge in [0.25, 0.3) is 11.8 Å². The summed E-state index contributed by atoms with van der Waals surface area (Å²) >= 11 is 1.44. The van der Waals surface area contributed by atoms with Crippen molar-refractivity contribution in [2.75, 3.05) is 56.1 Å². The SMILES string of the molecule is Cc1cccc(C=C2Sc3ccc(C(=O)NCCCN4CCN(c5ccccc5F)CC4)cc3N(C)C2=O)c1. The molecule has 202 valence electrons. The summed E-state index contributed by atoms with van der Waals surface area (Å²) in [6.07, 6.45) is 2.75. The molecule has 39 heavy (non-hydrogen) atoms. The van der Waals surface area contributed by atoms with Crippen LogP contribution < -0.4 is 15.1 Å². The summed E-state index contributed by atoms with van der Waals surface area (Å²) < 4.78 is 14.1. The van der Waals surface area contributed by atoms with E-state index in [-0.39, 0.29) is 17.6 Å². The van der Waals surface area contributed by atoms with Crippen molar-refractivity contribution in [2.24, 2.45) is 0 Å². The minimum absolute atomic E-state index is 0.0818. The number of likely N-dealkylation sites (N-methyl/N-ethyl adjacent to an activating group) is 1. The molecule has 1 saturated heterocycles. The van der Waals surface area contributed by atoms with E-state index < -0.39 is 0 Å². The lowest BCUT2D eigenvalue weighted by Crippen LogP contribution is -2.47. The molecule has 0 saturated carbocycles. The average Bonchev–Trinajstić information content (AvgIpc) is 2.94. The van der Waals surface area contributed by atoms with Crippen molar-refractivity contribution < 1.29 is 14.0 Å². The standard InChI is InChI=1S/C31H33FN4O2S/c1-22-7-5-8-23(19-22)20-29-31(38)34(2)27-21-24(11-12-28(27)39-29)30(37)33-13-6-14-35-15-17-36(18-16-35)26-10-4-3-9-25(26)32/h3-5,7-12,19-21H,6,13-18H2,1-2H3,(H,33,37). The number of halogens is 1. The monoisotopic (exact) mass is 544 g/mol. The molecule has 6 nitrogen and oxygen atoms in total. The van der Waals surface area contributed by atoms with Crippen LogP contribution in [0.4, 0.5) is 15.8 Å². The molecule has 3 aromatic rings. The zero-order chi connectivity index (χ0) is 27.4. The van der Waals surface area contributed by atoms with Crippen LogP contribution in [0.5, 0.6) is 0 Å². The van der Waals surface area contributed by atoms with E-state index in [0.29, 0.717) is 22.7 Å². The Kier molecular flexibility index (Phi) is 8.33. The lowest BCUT2D eigenvalue weighted by Gasteiger charge is -2.36. The Morgan fingerprint density at radius 1 is 1.00 bits per heavy atom. The molecule has 2 aliphatic heterocycles. The highest BCUT2D eigenvalue weighted by atomic mass is 32.2. The van der Waals surface area contributed by atoms with Gasteiger partial charge in [-0.05, 0) is 61.9 Å². The quantitative estimate of drug-likeness (QED) is 0.328. The Labute approximate surface area is 233 Å². The maximum atomic E-state index is 14.1. The first-order chi connectivity index (χ1) is 18.9. The molecule has 0 unspecified atom stereocenters. The van der Waals surface area contributed by atoms with Gasteiger partial charge in [0, 0.05) is 50.2 Å². The minimum Gasteiger partial charge on any atom is -0.367 e. The number of para-hydroxylation sites is 1. The summed E-state index contributed by atoms with van der Waals surface area (Å²) in [5.41, 5.74) is 4.08. The number of carbonyl (C=O) groups excluding carboxylic acids is 2. The number of nitrogens with one attached hydrogen (secondary N) is 1. The van der Waals surface area contributed by atoms with Crippen molar-refractivity contribution in [1.29, 1.82) is 0 Å². The highest BCUT2D eigenvalue weighted by Crippen LogP contribution is 2.42. The van der Waals surface area contributed by atoms with Gasteiger partial charge in [0.2, 0.25) is 0 Å². The van der Waals surface area contributed by atoms with Gasteiger partial charge >= 0.3 is 0 Å². The number of hydrogen-bond acceptors (Lipinski definition) is 5. The number of amides is 2. The van der Waals surface area contributed by atoms with Crippen LogP contribution in [0, 0.1) is 12.7 Å². The van der Waals surface area contributed by atoms with Crippen LogP contribution in [-0.4, -0.2) is 63.0 Å². The maximum absolute atomic E-state index is 14.1. The third kappa shape index (κ3) is 6.34. The van der Waals surface area contributed by atoms with E-state index in [1.54, 1.807) is 24.1 Å². The van der Waals surface area contributed by atoms with Gasteiger partial charge in [-0.2, -0.15) is 0 Å². The number of carbonyl (C=O) groups is 2. The lowest BCUT2D eigenvalue weighted by atomic mass is 10.1. The summed E-state index contributed by atoms with van der Waals surface area (Å²) in [5.74, 6) is -0.403. The average molecular weight is 545 g/mol. The van der Waals surface area contributed by atoms with Gasteiger partial charge in [-0.3, -0.25) is 14.5 Å². The zero-order valence-corrected chi connectivity index (χ0v) is 23.1. The summed E-state index contributed by atoms with van der Waals surface area (Å²) in [6.45, 7) is 6.78. The Balaban J connectivity index is 1.12. The molecule has 0 bridgehead atoms. The van der Waals surface area contributed by atoms with Gasteiger partial charge in [-0.25, -0.2) is 4.39 Å². The van der Waals surface area contributed by atoms with Crippen LogP contribution in [0.15, 0.2) is 76.5 Å². The topological polar surface area (TPSA) is 55.9 Å². The molecular formula is C31H33FN4O2S. The number of aryl methyl sites for hydroxylation is 1. The van der Waals surface area contributed by atoms with Crippen LogP contribution in [0.3, 0.4) is 0 Å². The van der Waals surface area contributed by atoms with Crippen molar-refractivity contribution in [3.05, 3.63) is 94.1 Å². The number of nitrogens with zero attached hydrogens (tertiary/aromatic N) is 3. The van der Waals surface area contributed by atoms with E-state index in [1.807, 2.05) is 55.5 Å². The zero-order valence-electron chi connectivity index (χ0n) is 22.3. The fourth-order valence-electron chi connectivity index (χ4n) is 4.97. The van der Waals surface area contributed by atoms with Crippen LogP contribution in [-0.2, 0) is 4.79 Å². The molecule has 0 aromatic heterocycles. The predicted octanol–water partition coefficient (Wildman–Crippen LogP) is 5.19. The highest BCUT2D eigenvalue weighted by Gasteiger charge is 2.27. The molecule has 1 fully saturated rings.